The molecule has 0 aliphatic heterocycles. The summed E-state index contributed by atoms with van der Waals surface area (Å²) in [5.74, 6) is 0.985. The Bertz CT molecular complexity index is 562. The second-order valence-corrected chi connectivity index (χ2v) is 7.51. The number of ether oxygens (including phenoxy) is 1. The summed E-state index contributed by atoms with van der Waals surface area (Å²) in [6.45, 7) is 3.08. The summed E-state index contributed by atoms with van der Waals surface area (Å²) >= 11 is 5.32. The Morgan fingerprint density at radius 2 is 2.00 bits per heavy atom. The van der Waals surface area contributed by atoms with E-state index in [1.54, 1.807) is 11.3 Å². The molecule has 3 rings (SSSR count). The van der Waals surface area contributed by atoms with E-state index >= 15 is 0 Å². The van der Waals surface area contributed by atoms with Crippen LogP contribution in [-0.2, 0) is 0 Å². The molecule has 0 saturated heterocycles. The molecule has 1 aliphatic carbocycles. The lowest BCUT2D eigenvalue weighted by Crippen LogP contribution is -2.20. The summed E-state index contributed by atoms with van der Waals surface area (Å²) in [4.78, 5) is 1.33. The number of thiophene rings is 1. The van der Waals surface area contributed by atoms with E-state index in [1.165, 1.54) is 27.1 Å². The second kappa shape index (κ2) is 6.29. The van der Waals surface area contributed by atoms with Crippen molar-refractivity contribution in [3.63, 3.8) is 0 Å². The van der Waals surface area contributed by atoms with Crippen molar-refractivity contribution in [3.05, 3.63) is 50.6 Å². The number of hydrogen-bond acceptors (Lipinski definition) is 3. The lowest BCUT2D eigenvalue weighted by molar-refractivity contribution is 0.303. The predicted octanol–water partition coefficient (Wildman–Crippen LogP) is 4.75. The van der Waals surface area contributed by atoms with Crippen LogP contribution in [0.5, 0.6) is 5.75 Å². The first kappa shape index (κ1) is 14.1. The molecular formula is C16H18BrNOS. The largest absolute Gasteiger partial charge is 0.490 e. The Labute approximate surface area is 132 Å². The molecule has 0 bridgehead atoms. The summed E-state index contributed by atoms with van der Waals surface area (Å²) < 4.78 is 6.97. The molecular weight excluding hydrogens is 334 g/mol. The van der Waals surface area contributed by atoms with Crippen molar-refractivity contribution in [2.45, 2.75) is 31.9 Å². The summed E-state index contributed by atoms with van der Waals surface area (Å²) in [6, 6.07) is 13.0. The lowest BCUT2D eigenvalue weighted by Gasteiger charge is -2.17. The van der Waals surface area contributed by atoms with E-state index in [0.29, 0.717) is 6.10 Å². The van der Waals surface area contributed by atoms with Gasteiger partial charge in [-0.15, -0.1) is 11.3 Å². The van der Waals surface area contributed by atoms with Gasteiger partial charge in [-0.05, 0) is 65.1 Å². The van der Waals surface area contributed by atoms with Crippen LogP contribution in [0.4, 0.5) is 0 Å². The Balaban J connectivity index is 1.79. The van der Waals surface area contributed by atoms with Crippen LogP contribution in [0.15, 0.2) is 40.2 Å². The van der Waals surface area contributed by atoms with Gasteiger partial charge in [0.2, 0.25) is 0 Å². The van der Waals surface area contributed by atoms with Crippen molar-refractivity contribution in [3.8, 4) is 5.75 Å². The minimum Gasteiger partial charge on any atom is -0.490 e. The van der Waals surface area contributed by atoms with Crippen LogP contribution in [0.2, 0.25) is 0 Å². The van der Waals surface area contributed by atoms with Gasteiger partial charge in [-0.2, -0.15) is 0 Å². The van der Waals surface area contributed by atoms with Gasteiger partial charge in [-0.1, -0.05) is 19.1 Å². The summed E-state index contributed by atoms with van der Waals surface area (Å²) in [5, 5.41) is 3.55. The smallest absolute Gasteiger partial charge is 0.119 e. The van der Waals surface area contributed by atoms with Gasteiger partial charge >= 0.3 is 0 Å². The standard InChI is InChI=1S/C16H18BrNOS/c1-2-18-16(14-9-10-15(17)20-14)11-3-5-12(6-4-11)19-13-7-8-13/h3-6,9-10,13,16,18H,2,7-8H2,1H3. The number of halogens is 1. The van der Waals surface area contributed by atoms with Crippen molar-refractivity contribution in [1.82, 2.24) is 5.32 Å². The van der Waals surface area contributed by atoms with Gasteiger partial charge in [0.15, 0.2) is 0 Å². The molecule has 20 heavy (non-hydrogen) atoms. The van der Waals surface area contributed by atoms with Crippen LogP contribution in [0.25, 0.3) is 0 Å². The van der Waals surface area contributed by atoms with E-state index in [1.807, 2.05) is 0 Å². The van der Waals surface area contributed by atoms with Crippen LogP contribution in [0, 0.1) is 0 Å². The molecule has 2 nitrogen and oxygen atoms in total. The molecule has 0 amide bonds. The minimum atomic E-state index is 0.256. The zero-order valence-corrected chi connectivity index (χ0v) is 13.8. The van der Waals surface area contributed by atoms with Gasteiger partial charge in [0.25, 0.3) is 0 Å². The normalized spacial score (nSPS) is 16.1. The van der Waals surface area contributed by atoms with E-state index in [-0.39, 0.29) is 6.04 Å². The van der Waals surface area contributed by atoms with Gasteiger partial charge < -0.3 is 10.1 Å². The third kappa shape index (κ3) is 3.43. The molecule has 4 heteroatoms. The van der Waals surface area contributed by atoms with Crippen molar-refractivity contribution in [1.29, 1.82) is 0 Å². The third-order valence-electron chi connectivity index (χ3n) is 3.33. The van der Waals surface area contributed by atoms with Gasteiger partial charge in [-0.3, -0.25) is 0 Å². The average molecular weight is 352 g/mol. The fourth-order valence-corrected chi connectivity index (χ4v) is 3.71. The van der Waals surface area contributed by atoms with Crippen molar-refractivity contribution in [2.24, 2.45) is 0 Å². The molecule has 1 heterocycles. The average Bonchev–Trinajstić information content (AvgIpc) is 3.17. The molecule has 1 aromatic heterocycles. The Morgan fingerprint density at radius 1 is 1.25 bits per heavy atom. The van der Waals surface area contributed by atoms with Gasteiger partial charge in [0, 0.05) is 4.88 Å². The fourth-order valence-electron chi connectivity index (χ4n) is 2.19. The summed E-state index contributed by atoms with van der Waals surface area (Å²) in [5.41, 5.74) is 1.28. The number of nitrogens with one attached hydrogen (secondary N) is 1. The van der Waals surface area contributed by atoms with E-state index in [4.69, 9.17) is 4.74 Å². The zero-order valence-electron chi connectivity index (χ0n) is 11.4. The Hall–Kier alpha value is -0.840. The summed E-state index contributed by atoms with van der Waals surface area (Å²) in [6.07, 6.45) is 2.86. The molecule has 0 radical (unpaired) electrons. The van der Waals surface area contributed by atoms with Crippen LogP contribution in [0.1, 0.15) is 36.2 Å². The maximum absolute atomic E-state index is 5.80. The summed E-state index contributed by atoms with van der Waals surface area (Å²) in [7, 11) is 0. The van der Waals surface area contributed by atoms with Crippen LogP contribution in [-0.4, -0.2) is 12.6 Å². The molecule has 1 unspecified atom stereocenters. The minimum absolute atomic E-state index is 0.256. The third-order valence-corrected chi connectivity index (χ3v) is 5.02. The molecule has 1 atom stereocenters. The van der Waals surface area contributed by atoms with E-state index in [9.17, 15) is 0 Å². The maximum Gasteiger partial charge on any atom is 0.119 e. The van der Waals surface area contributed by atoms with Crippen molar-refractivity contribution in [2.75, 3.05) is 6.54 Å². The number of hydrogen-bond donors (Lipinski definition) is 1. The zero-order chi connectivity index (χ0) is 13.9. The number of rotatable bonds is 6. The van der Waals surface area contributed by atoms with Crippen LogP contribution >= 0.6 is 27.3 Å². The highest BCUT2D eigenvalue weighted by Crippen LogP contribution is 2.33. The first-order chi connectivity index (χ1) is 9.76. The molecule has 1 aromatic carbocycles. The first-order valence-corrected chi connectivity index (χ1v) is 8.62. The van der Waals surface area contributed by atoms with Crippen molar-refractivity contribution < 1.29 is 4.74 Å². The monoisotopic (exact) mass is 351 g/mol. The maximum atomic E-state index is 5.80. The van der Waals surface area contributed by atoms with Crippen LogP contribution < -0.4 is 10.1 Å². The van der Waals surface area contributed by atoms with Crippen LogP contribution in [0.3, 0.4) is 0 Å². The van der Waals surface area contributed by atoms with Gasteiger partial charge in [-0.25, -0.2) is 0 Å². The molecule has 106 valence electrons. The Morgan fingerprint density at radius 3 is 2.55 bits per heavy atom. The van der Waals surface area contributed by atoms with Crippen molar-refractivity contribution >= 4 is 27.3 Å². The van der Waals surface area contributed by atoms with E-state index in [0.717, 1.165) is 12.3 Å². The SMILES string of the molecule is CCNC(c1ccc(OC2CC2)cc1)c1ccc(Br)s1. The highest BCUT2D eigenvalue weighted by Gasteiger charge is 2.23. The Kier molecular flexibility index (Phi) is 4.44. The van der Waals surface area contributed by atoms with E-state index in [2.05, 4.69) is 64.6 Å². The molecule has 1 saturated carbocycles. The second-order valence-electron chi connectivity index (χ2n) is 5.02. The molecule has 0 spiro atoms. The van der Waals surface area contributed by atoms with E-state index < -0.39 is 0 Å². The fraction of sp³-hybridized carbons (Fsp3) is 0.375. The molecule has 1 aliphatic rings. The topological polar surface area (TPSA) is 21.3 Å². The quantitative estimate of drug-likeness (QED) is 0.810. The predicted molar refractivity (Wildman–Crippen MR) is 87.6 cm³/mol. The van der Waals surface area contributed by atoms with Gasteiger partial charge in [0.1, 0.15) is 5.75 Å². The first-order valence-electron chi connectivity index (χ1n) is 7.01. The lowest BCUT2D eigenvalue weighted by atomic mass is 10.1. The number of benzene rings is 1. The highest BCUT2D eigenvalue weighted by molar-refractivity contribution is 9.11. The highest BCUT2D eigenvalue weighted by atomic mass is 79.9. The molecule has 2 aromatic rings. The van der Waals surface area contributed by atoms with Gasteiger partial charge in [0.05, 0.1) is 15.9 Å². The molecule has 1 N–H and O–H groups in total. The molecule has 1 fully saturated rings.